The van der Waals surface area contributed by atoms with E-state index < -0.39 is 36.5 Å². The molecule has 2 atom stereocenters. The molecule has 1 saturated heterocycles. The lowest BCUT2D eigenvalue weighted by Crippen LogP contribution is -2.60. The van der Waals surface area contributed by atoms with Gasteiger partial charge in [-0.15, -0.1) is 0 Å². The van der Waals surface area contributed by atoms with Crippen LogP contribution in [-0.2, 0) is 30.9 Å². The van der Waals surface area contributed by atoms with Crippen LogP contribution in [0.5, 0.6) is 5.75 Å². The van der Waals surface area contributed by atoms with E-state index >= 15 is 4.79 Å². The Bertz CT molecular complexity index is 2150. The molecule has 0 bridgehead atoms. The van der Waals surface area contributed by atoms with E-state index in [1.807, 2.05) is 52.0 Å². The molecule has 5 rings (SSSR count). The highest BCUT2D eigenvalue weighted by Crippen LogP contribution is 2.54. The highest BCUT2D eigenvalue weighted by molar-refractivity contribution is 7.90. The van der Waals surface area contributed by atoms with Gasteiger partial charge in [-0.3, -0.25) is 14.8 Å². The van der Waals surface area contributed by atoms with Crippen molar-refractivity contribution in [3.63, 3.8) is 0 Å². The summed E-state index contributed by atoms with van der Waals surface area (Å²) in [4.78, 5) is 26.1. The van der Waals surface area contributed by atoms with Crippen molar-refractivity contribution in [2.75, 3.05) is 44.7 Å². The van der Waals surface area contributed by atoms with E-state index in [2.05, 4.69) is 9.62 Å². The van der Waals surface area contributed by atoms with Crippen LogP contribution in [-0.4, -0.2) is 99.8 Å². The molecule has 16 heteroatoms. The second-order valence-corrected chi connectivity index (χ2v) is 21.0. The Labute approximate surface area is 340 Å². The number of piperazine rings is 1. The van der Waals surface area contributed by atoms with Gasteiger partial charge in [0.05, 0.1) is 22.4 Å². The summed E-state index contributed by atoms with van der Waals surface area (Å²) in [6.45, 7) is 15.1. The van der Waals surface area contributed by atoms with Crippen molar-refractivity contribution in [1.82, 2.24) is 19.4 Å². The number of amidine groups is 1. The minimum atomic E-state index is -4.18. The van der Waals surface area contributed by atoms with Crippen LogP contribution in [0, 0.1) is 0 Å². The Morgan fingerprint density at radius 1 is 0.891 bits per heavy atom. The first-order valence-electron chi connectivity index (χ1n) is 18.1. The molecule has 2 aliphatic rings. The molecule has 11 nitrogen and oxygen atoms in total. The van der Waals surface area contributed by atoms with Crippen molar-refractivity contribution in [1.29, 1.82) is 0 Å². The first-order valence-corrected chi connectivity index (χ1v) is 22.8. The van der Waals surface area contributed by atoms with Gasteiger partial charge in [-0.2, -0.15) is 0 Å². The topological polar surface area (TPSA) is 129 Å². The van der Waals surface area contributed by atoms with Gasteiger partial charge < -0.3 is 9.64 Å². The minimum absolute atomic E-state index is 0.0551. The first kappa shape index (κ1) is 43.2. The highest BCUT2D eigenvalue weighted by Gasteiger charge is 2.60. The number of hydrogen-bond acceptors (Lipinski definition) is 8. The van der Waals surface area contributed by atoms with Crippen LogP contribution in [0.4, 0.5) is 4.79 Å². The van der Waals surface area contributed by atoms with E-state index in [-0.39, 0.29) is 45.0 Å². The summed E-state index contributed by atoms with van der Waals surface area (Å²) in [5.74, 6) is 0.531. The SMILES string of the molecule is CC(C)Oc1cc(Cl)c(S(=O)(=O)NC(C)(C)C)cc1C1=NC(C)(c2ccc(Cl)cc2)C(C)(c2ccc(Cl)cc2)N1C(=O)N1CCN(CCCS(C)(=O)=O)CC1. The molecular formula is C39H50Cl3N5O6S2. The number of carbonyl (C=O) groups excluding carboxylic acids is 1. The zero-order valence-corrected chi connectivity index (χ0v) is 36.4. The Balaban J connectivity index is 1.74. The predicted octanol–water partition coefficient (Wildman–Crippen LogP) is 7.58. The number of benzene rings is 3. The number of aliphatic imine (C=N–C) groups is 1. The number of hydrogen-bond donors (Lipinski definition) is 1. The number of amides is 2. The molecule has 0 spiro atoms. The Morgan fingerprint density at radius 3 is 1.95 bits per heavy atom. The molecule has 2 heterocycles. The van der Waals surface area contributed by atoms with E-state index in [1.165, 1.54) is 18.4 Å². The van der Waals surface area contributed by atoms with Gasteiger partial charge in [-0.05, 0) is 103 Å². The van der Waals surface area contributed by atoms with Crippen LogP contribution in [0.1, 0.15) is 71.6 Å². The number of nitrogens with one attached hydrogen (secondary N) is 1. The fraction of sp³-hybridized carbons (Fsp3) is 0.487. The Morgan fingerprint density at radius 2 is 1.44 bits per heavy atom. The van der Waals surface area contributed by atoms with Crippen LogP contribution in [0.2, 0.25) is 15.1 Å². The maximum absolute atomic E-state index is 15.4. The quantitative estimate of drug-likeness (QED) is 0.211. The molecule has 3 aromatic carbocycles. The van der Waals surface area contributed by atoms with Crippen LogP contribution in [0.25, 0.3) is 0 Å². The maximum Gasteiger partial charge on any atom is 0.326 e. The van der Waals surface area contributed by atoms with Gasteiger partial charge in [0.25, 0.3) is 0 Å². The van der Waals surface area contributed by atoms with Crippen LogP contribution < -0.4 is 9.46 Å². The van der Waals surface area contributed by atoms with Gasteiger partial charge in [0, 0.05) is 54.1 Å². The van der Waals surface area contributed by atoms with Crippen molar-refractivity contribution >= 4 is 66.5 Å². The third-order valence-electron chi connectivity index (χ3n) is 9.94. The summed E-state index contributed by atoms with van der Waals surface area (Å²) in [5, 5.41) is 0.980. The van der Waals surface area contributed by atoms with Crippen molar-refractivity contribution in [2.45, 2.75) is 82.5 Å². The fourth-order valence-corrected chi connectivity index (χ4v) is 10.0. The molecule has 300 valence electrons. The molecule has 55 heavy (non-hydrogen) atoms. The number of urea groups is 1. The molecule has 2 amide bonds. The lowest BCUT2D eigenvalue weighted by Gasteiger charge is -2.47. The van der Waals surface area contributed by atoms with Crippen LogP contribution in [0.15, 0.2) is 70.6 Å². The third-order valence-corrected chi connectivity index (χ3v) is 13.7. The summed E-state index contributed by atoms with van der Waals surface area (Å²) < 4.78 is 60.4. The monoisotopic (exact) mass is 853 g/mol. The van der Waals surface area contributed by atoms with Crippen molar-refractivity contribution in [3.8, 4) is 5.75 Å². The molecular weight excluding hydrogens is 805 g/mol. The van der Waals surface area contributed by atoms with Crippen LogP contribution >= 0.6 is 34.8 Å². The number of sulfonamides is 1. The first-order chi connectivity index (χ1) is 25.4. The molecule has 0 aromatic heterocycles. The second-order valence-electron chi connectivity index (χ2n) is 15.8. The average molecular weight is 855 g/mol. The number of halogens is 3. The van der Waals surface area contributed by atoms with E-state index in [9.17, 15) is 16.8 Å². The highest BCUT2D eigenvalue weighted by atomic mass is 35.5. The largest absolute Gasteiger partial charge is 0.490 e. The Hall–Kier alpha value is -2.91. The summed E-state index contributed by atoms with van der Waals surface area (Å²) >= 11 is 19.5. The molecule has 3 aromatic rings. The van der Waals surface area contributed by atoms with Gasteiger partial charge in [-0.1, -0.05) is 59.1 Å². The zero-order chi connectivity index (χ0) is 40.7. The van der Waals surface area contributed by atoms with Crippen molar-refractivity contribution < 1.29 is 26.4 Å². The van der Waals surface area contributed by atoms with Crippen molar-refractivity contribution in [2.24, 2.45) is 4.99 Å². The molecule has 0 saturated carbocycles. The normalized spacial score (nSPS) is 21.3. The molecule has 0 aliphatic carbocycles. The summed E-state index contributed by atoms with van der Waals surface area (Å²) in [6, 6.07) is 17.1. The number of rotatable bonds is 11. The lowest BCUT2D eigenvalue weighted by molar-refractivity contribution is 0.0868. The standard InChI is InChI=1S/C39H50Cl3N5O6S2/c1-26(2)53-33-25-32(42)34(55(51,52)44-37(3,4)5)24-31(33)35-43-38(6,27-10-14-29(40)15-11-27)39(7,28-12-16-30(41)17-13-28)47(35)36(48)46-21-19-45(20-22-46)18-9-23-54(8,49)50/h10-17,24-26,44H,9,18-23H2,1-8H3. The van der Waals surface area contributed by atoms with Gasteiger partial charge in [0.15, 0.2) is 0 Å². The average Bonchev–Trinajstić information content (AvgIpc) is 3.31. The fourth-order valence-electron chi connectivity index (χ4n) is 7.15. The second kappa shape index (κ2) is 16.2. The summed E-state index contributed by atoms with van der Waals surface area (Å²) in [6.07, 6.45) is 1.37. The molecule has 2 unspecified atom stereocenters. The third kappa shape index (κ3) is 9.46. The van der Waals surface area contributed by atoms with Gasteiger partial charge >= 0.3 is 6.03 Å². The Kier molecular flexibility index (Phi) is 12.7. The van der Waals surface area contributed by atoms with Crippen molar-refractivity contribution in [3.05, 3.63) is 92.4 Å². The van der Waals surface area contributed by atoms with E-state index in [0.717, 1.165) is 11.1 Å². The number of carbonyl (C=O) groups is 1. The molecule has 1 N–H and O–H groups in total. The number of nitrogens with zero attached hydrogens (tertiary/aromatic N) is 4. The summed E-state index contributed by atoms with van der Waals surface area (Å²) in [7, 11) is -7.27. The number of sulfone groups is 1. The summed E-state index contributed by atoms with van der Waals surface area (Å²) in [5.41, 5.74) is -1.50. The molecule has 1 fully saturated rings. The predicted molar refractivity (Wildman–Crippen MR) is 221 cm³/mol. The van der Waals surface area contributed by atoms with Gasteiger partial charge in [0.2, 0.25) is 10.0 Å². The molecule has 2 aliphatic heterocycles. The molecule has 0 radical (unpaired) electrons. The lowest BCUT2D eigenvalue weighted by atomic mass is 9.71. The van der Waals surface area contributed by atoms with Gasteiger partial charge in [-0.25, -0.2) is 26.4 Å². The minimum Gasteiger partial charge on any atom is -0.490 e. The van der Waals surface area contributed by atoms with E-state index in [0.29, 0.717) is 49.2 Å². The zero-order valence-electron chi connectivity index (χ0n) is 32.5. The van der Waals surface area contributed by atoms with E-state index in [4.69, 9.17) is 44.5 Å². The smallest absolute Gasteiger partial charge is 0.326 e. The van der Waals surface area contributed by atoms with Gasteiger partial charge in [0.1, 0.15) is 37.4 Å². The maximum atomic E-state index is 15.4. The van der Waals surface area contributed by atoms with Crippen LogP contribution in [0.3, 0.4) is 0 Å². The van der Waals surface area contributed by atoms with E-state index in [1.54, 1.807) is 54.8 Å². The number of ether oxygens (including phenoxy) is 1.